The zero-order valence-electron chi connectivity index (χ0n) is 13.3. The molecule has 0 saturated carbocycles. The first-order valence-electron chi connectivity index (χ1n) is 7.57. The van der Waals surface area contributed by atoms with Crippen molar-refractivity contribution in [1.82, 2.24) is 20.0 Å². The second kappa shape index (κ2) is 6.87. The lowest BCUT2D eigenvalue weighted by Crippen LogP contribution is -2.40. The molecule has 122 valence electrons. The van der Waals surface area contributed by atoms with Crippen LogP contribution in [0.5, 0.6) is 0 Å². The van der Waals surface area contributed by atoms with E-state index in [2.05, 4.69) is 10.4 Å². The van der Waals surface area contributed by atoms with Gasteiger partial charge in [0.25, 0.3) is 5.91 Å². The van der Waals surface area contributed by atoms with Gasteiger partial charge in [0.1, 0.15) is 5.69 Å². The third-order valence-electron chi connectivity index (χ3n) is 4.28. The largest absolute Gasteiger partial charge is 0.337 e. The van der Waals surface area contributed by atoms with Gasteiger partial charge in [0, 0.05) is 20.1 Å². The highest BCUT2D eigenvalue weighted by Crippen LogP contribution is 2.26. The maximum absolute atomic E-state index is 12.6. The summed E-state index contributed by atoms with van der Waals surface area (Å²) in [4.78, 5) is 25.0. The van der Waals surface area contributed by atoms with Crippen LogP contribution < -0.4 is 5.32 Å². The van der Waals surface area contributed by atoms with Gasteiger partial charge < -0.3 is 10.2 Å². The second-order valence-corrected chi connectivity index (χ2v) is 5.79. The van der Waals surface area contributed by atoms with Crippen LogP contribution in [0.3, 0.4) is 0 Å². The van der Waals surface area contributed by atoms with Gasteiger partial charge in [-0.3, -0.25) is 19.6 Å². The average molecular weight is 309 g/mol. The Balaban J connectivity index is 2.09. The van der Waals surface area contributed by atoms with E-state index in [-0.39, 0.29) is 23.0 Å². The van der Waals surface area contributed by atoms with Crippen molar-refractivity contribution >= 4 is 11.6 Å². The lowest BCUT2D eigenvalue weighted by Gasteiger charge is -2.31. The standard InChI is InChI=1S/C14H23N5O3/c1-10-12(19(21)22)13(17(3)16-10)14(20)18-8-5-11(6-9-18)4-7-15-2/h11,15H,4-9H2,1-3H3. The number of piperidine rings is 1. The van der Waals surface area contributed by atoms with Gasteiger partial charge in [-0.1, -0.05) is 0 Å². The molecular formula is C14H23N5O3. The number of aromatic nitrogens is 2. The summed E-state index contributed by atoms with van der Waals surface area (Å²) in [5.74, 6) is 0.321. The van der Waals surface area contributed by atoms with Gasteiger partial charge in [-0.15, -0.1) is 0 Å². The lowest BCUT2D eigenvalue weighted by atomic mass is 9.93. The minimum Gasteiger partial charge on any atom is -0.337 e. The predicted molar refractivity (Wildman–Crippen MR) is 81.8 cm³/mol. The Morgan fingerprint density at radius 2 is 2.09 bits per heavy atom. The molecule has 0 radical (unpaired) electrons. The number of carbonyl (C=O) groups is 1. The summed E-state index contributed by atoms with van der Waals surface area (Å²) in [6, 6.07) is 0. The van der Waals surface area contributed by atoms with Crippen molar-refractivity contribution in [2.75, 3.05) is 26.7 Å². The Morgan fingerprint density at radius 3 is 2.64 bits per heavy atom. The summed E-state index contributed by atoms with van der Waals surface area (Å²) in [5, 5.41) is 18.3. The maximum atomic E-state index is 12.6. The number of hydrogen-bond acceptors (Lipinski definition) is 5. The smallest absolute Gasteiger partial charge is 0.322 e. The molecule has 1 aromatic rings. The fourth-order valence-corrected chi connectivity index (χ4v) is 3.03. The summed E-state index contributed by atoms with van der Waals surface area (Å²) >= 11 is 0. The third-order valence-corrected chi connectivity index (χ3v) is 4.28. The number of amides is 1. The SMILES string of the molecule is CNCCC1CCN(C(=O)c2c([N+](=O)[O-])c(C)nn2C)CC1. The molecule has 0 bridgehead atoms. The van der Waals surface area contributed by atoms with Gasteiger partial charge in [-0.2, -0.15) is 5.10 Å². The number of likely N-dealkylation sites (tertiary alicyclic amines) is 1. The molecule has 2 rings (SSSR count). The molecule has 8 nitrogen and oxygen atoms in total. The zero-order chi connectivity index (χ0) is 16.3. The van der Waals surface area contributed by atoms with Gasteiger partial charge in [-0.05, 0) is 45.7 Å². The molecule has 1 saturated heterocycles. The Bertz CT molecular complexity index is 561. The zero-order valence-corrected chi connectivity index (χ0v) is 13.3. The van der Waals surface area contributed by atoms with Crippen LogP contribution in [0, 0.1) is 23.0 Å². The average Bonchev–Trinajstić information content (AvgIpc) is 2.79. The number of hydrogen-bond donors (Lipinski definition) is 1. The number of rotatable bonds is 5. The van der Waals surface area contributed by atoms with Crippen molar-refractivity contribution in [2.45, 2.75) is 26.2 Å². The van der Waals surface area contributed by atoms with E-state index < -0.39 is 4.92 Å². The highest BCUT2D eigenvalue weighted by molar-refractivity contribution is 5.97. The van der Waals surface area contributed by atoms with E-state index in [9.17, 15) is 14.9 Å². The summed E-state index contributed by atoms with van der Waals surface area (Å²) in [6.07, 6.45) is 2.99. The van der Waals surface area contributed by atoms with Crippen molar-refractivity contribution in [3.63, 3.8) is 0 Å². The lowest BCUT2D eigenvalue weighted by molar-refractivity contribution is -0.385. The molecule has 0 unspecified atom stereocenters. The van der Waals surface area contributed by atoms with Crippen LogP contribution in [0.1, 0.15) is 35.4 Å². The van der Waals surface area contributed by atoms with Crippen molar-refractivity contribution < 1.29 is 9.72 Å². The number of carbonyl (C=O) groups excluding carboxylic acids is 1. The third kappa shape index (κ3) is 3.27. The van der Waals surface area contributed by atoms with E-state index in [0.717, 1.165) is 25.8 Å². The van der Waals surface area contributed by atoms with Crippen LogP contribution in [0.25, 0.3) is 0 Å². The molecule has 1 fully saturated rings. The molecule has 2 heterocycles. The molecule has 0 spiro atoms. The topological polar surface area (TPSA) is 93.3 Å². The van der Waals surface area contributed by atoms with E-state index >= 15 is 0 Å². The molecule has 1 aliphatic heterocycles. The first kappa shape index (κ1) is 16.4. The molecule has 1 N–H and O–H groups in total. The molecular weight excluding hydrogens is 286 g/mol. The van der Waals surface area contributed by atoms with E-state index in [4.69, 9.17) is 0 Å². The van der Waals surface area contributed by atoms with Gasteiger partial charge in [0.15, 0.2) is 0 Å². The molecule has 8 heteroatoms. The first-order chi connectivity index (χ1) is 10.5. The van der Waals surface area contributed by atoms with Crippen molar-refractivity contribution in [1.29, 1.82) is 0 Å². The van der Waals surface area contributed by atoms with Crippen LogP contribution in [0.2, 0.25) is 0 Å². The normalized spacial score (nSPS) is 16.0. The van der Waals surface area contributed by atoms with Crippen LogP contribution in [-0.4, -0.2) is 52.2 Å². The molecule has 0 aromatic carbocycles. The number of aryl methyl sites for hydroxylation is 2. The number of nitrogens with zero attached hydrogens (tertiary/aromatic N) is 4. The monoisotopic (exact) mass is 309 g/mol. The van der Waals surface area contributed by atoms with Crippen LogP contribution in [0.4, 0.5) is 5.69 Å². The highest BCUT2D eigenvalue weighted by atomic mass is 16.6. The number of nitrogens with one attached hydrogen (secondary N) is 1. The Hall–Kier alpha value is -1.96. The van der Waals surface area contributed by atoms with Crippen molar-refractivity contribution in [2.24, 2.45) is 13.0 Å². The summed E-state index contributed by atoms with van der Waals surface area (Å²) < 4.78 is 1.32. The summed E-state index contributed by atoms with van der Waals surface area (Å²) in [7, 11) is 3.51. The Kier molecular flexibility index (Phi) is 5.12. The Labute approximate surface area is 129 Å². The van der Waals surface area contributed by atoms with Crippen LogP contribution >= 0.6 is 0 Å². The molecule has 22 heavy (non-hydrogen) atoms. The highest BCUT2D eigenvalue weighted by Gasteiger charge is 2.33. The summed E-state index contributed by atoms with van der Waals surface area (Å²) in [5.41, 5.74) is 0.181. The van der Waals surface area contributed by atoms with Crippen LogP contribution in [-0.2, 0) is 7.05 Å². The first-order valence-corrected chi connectivity index (χ1v) is 7.57. The molecule has 0 aliphatic carbocycles. The molecule has 1 aromatic heterocycles. The van der Waals surface area contributed by atoms with E-state index in [1.807, 2.05) is 7.05 Å². The quantitative estimate of drug-likeness (QED) is 0.649. The number of nitro groups is 1. The molecule has 1 aliphatic rings. The fourth-order valence-electron chi connectivity index (χ4n) is 3.03. The predicted octanol–water partition coefficient (Wildman–Crippen LogP) is 1.10. The van der Waals surface area contributed by atoms with Gasteiger partial charge in [0.2, 0.25) is 5.69 Å². The fraction of sp³-hybridized carbons (Fsp3) is 0.714. The van der Waals surface area contributed by atoms with Gasteiger partial charge in [0.05, 0.1) is 4.92 Å². The van der Waals surface area contributed by atoms with Gasteiger partial charge in [-0.25, -0.2) is 0 Å². The Morgan fingerprint density at radius 1 is 1.45 bits per heavy atom. The minimum absolute atomic E-state index is 0.0798. The minimum atomic E-state index is -0.519. The summed E-state index contributed by atoms with van der Waals surface area (Å²) in [6.45, 7) is 3.83. The second-order valence-electron chi connectivity index (χ2n) is 5.79. The van der Waals surface area contributed by atoms with Crippen molar-refractivity contribution in [3.05, 3.63) is 21.5 Å². The van der Waals surface area contributed by atoms with Gasteiger partial charge >= 0.3 is 5.69 Å². The van der Waals surface area contributed by atoms with E-state index in [1.54, 1.807) is 18.9 Å². The van der Waals surface area contributed by atoms with E-state index in [0.29, 0.717) is 19.0 Å². The van der Waals surface area contributed by atoms with E-state index in [1.165, 1.54) is 4.68 Å². The maximum Gasteiger partial charge on any atom is 0.322 e. The molecule has 1 amide bonds. The molecule has 0 atom stereocenters. The van der Waals surface area contributed by atoms with Crippen molar-refractivity contribution in [3.8, 4) is 0 Å². The van der Waals surface area contributed by atoms with Crippen LogP contribution in [0.15, 0.2) is 0 Å².